The average molecular weight is 167 g/mol. The van der Waals surface area contributed by atoms with Gasteiger partial charge in [-0.05, 0) is 17.8 Å². The molecule has 2 heteroatoms. The summed E-state index contributed by atoms with van der Waals surface area (Å²) in [5.74, 6) is 0.484. The van der Waals surface area contributed by atoms with Gasteiger partial charge in [0, 0.05) is 25.9 Å². The highest BCUT2D eigenvalue weighted by Crippen LogP contribution is 2.55. The number of hydrogen-bond acceptors (Lipinski definition) is 2. The molecule has 1 rings (SSSR count). The standard InChI is InChI=1S/C10H17NO/c1-10(2)5-9(10)8(7-12)6-11(3)4/h6-7,9H,5H2,1-4H3/b8-6+. The number of rotatable bonds is 3. The largest absolute Gasteiger partial charge is 0.383 e. The molecule has 12 heavy (non-hydrogen) atoms. The minimum Gasteiger partial charge on any atom is -0.383 e. The van der Waals surface area contributed by atoms with E-state index in [0.717, 1.165) is 18.3 Å². The van der Waals surface area contributed by atoms with Gasteiger partial charge in [0.1, 0.15) is 6.29 Å². The van der Waals surface area contributed by atoms with Gasteiger partial charge in [0.25, 0.3) is 0 Å². The van der Waals surface area contributed by atoms with E-state index in [1.165, 1.54) is 0 Å². The number of hydrogen-bond donors (Lipinski definition) is 0. The van der Waals surface area contributed by atoms with Crippen LogP contribution in [-0.2, 0) is 4.79 Å². The van der Waals surface area contributed by atoms with E-state index in [2.05, 4.69) is 13.8 Å². The first kappa shape index (κ1) is 9.30. The summed E-state index contributed by atoms with van der Waals surface area (Å²) in [6, 6.07) is 0. The molecule has 1 aliphatic rings. The molecule has 2 nitrogen and oxygen atoms in total. The third-order valence-corrected chi connectivity index (χ3v) is 2.46. The van der Waals surface area contributed by atoms with Crippen molar-refractivity contribution < 1.29 is 4.79 Å². The monoisotopic (exact) mass is 167 g/mol. The molecule has 1 saturated carbocycles. The Morgan fingerprint density at radius 2 is 2.00 bits per heavy atom. The second kappa shape index (κ2) is 2.92. The minimum absolute atomic E-state index is 0.350. The topological polar surface area (TPSA) is 20.3 Å². The van der Waals surface area contributed by atoms with Crippen LogP contribution in [0.5, 0.6) is 0 Å². The molecule has 68 valence electrons. The van der Waals surface area contributed by atoms with Gasteiger partial charge in [-0.25, -0.2) is 0 Å². The van der Waals surface area contributed by atoms with E-state index in [1.54, 1.807) is 0 Å². The van der Waals surface area contributed by atoms with Crippen LogP contribution in [0.1, 0.15) is 20.3 Å². The third-order valence-electron chi connectivity index (χ3n) is 2.46. The van der Waals surface area contributed by atoms with E-state index in [4.69, 9.17) is 0 Å². The lowest BCUT2D eigenvalue weighted by Gasteiger charge is -2.08. The number of allylic oxidation sites excluding steroid dienone is 1. The van der Waals surface area contributed by atoms with E-state index in [0.29, 0.717) is 11.3 Å². The van der Waals surface area contributed by atoms with Gasteiger partial charge in [0.05, 0.1) is 0 Å². The van der Waals surface area contributed by atoms with Crippen LogP contribution in [0.15, 0.2) is 11.8 Å². The molecule has 1 atom stereocenters. The Kier molecular flexibility index (Phi) is 2.27. The minimum atomic E-state index is 0.350. The van der Waals surface area contributed by atoms with Gasteiger partial charge in [-0.15, -0.1) is 0 Å². The first-order valence-corrected chi connectivity index (χ1v) is 4.30. The quantitative estimate of drug-likeness (QED) is 0.471. The summed E-state index contributed by atoms with van der Waals surface area (Å²) < 4.78 is 0. The molecule has 1 fully saturated rings. The van der Waals surface area contributed by atoms with E-state index in [1.807, 2.05) is 25.2 Å². The molecule has 0 aromatic heterocycles. The van der Waals surface area contributed by atoms with Gasteiger partial charge >= 0.3 is 0 Å². The molecular formula is C10H17NO. The van der Waals surface area contributed by atoms with Crippen molar-refractivity contribution in [1.82, 2.24) is 4.90 Å². The van der Waals surface area contributed by atoms with E-state index >= 15 is 0 Å². The number of carbonyl (C=O) groups is 1. The van der Waals surface area contributed by atoms with Crippen molar-refractivity contribution in [1.29, 1.82) is 0 Å². The number of carbonyl (C=O) groups excluding carboxylic acids is 1. The first-order chi connectivity index (χ1) is 5.47. The molecule has 0 N–H and O–H groups in total. The molecule has 1 unspecified atom stereocenters. The van der Waals surface area contributed by atoms with Crippen LogP contribution in [0, 0.1) is 11.3 Å². The van der Waals surface area contributed by atoms with Gasteiger partial charge in [0.2, 0.25) is 0 Å². The Morgan fingerprint density at radius 1 is 1.50 bits per heavy atom. The highest BCUT2D eigenvalue weighted by Gasteiger charge is 2.47. The predicted octanol–water partition coefficient (Wildman–Crippen LogP) is 1.68. The Balaban J connectivity index is 2.66. The smallest absolute Gasteiger partial charge is 0.147 e. The second-order valence-corrected chi connectivity index (χ2v) is 4.46. The van der Waals surface area contributed by atoms with Crippen LogP contribution in [0.3, 0.4) is 0 Å². The summed E-state index contributed by atoms with van der Waals surface area (Å²) in [4.78, 5) is 12.6. The Labute approximate surface area is 74.2 Å². The van der Waals surface area contributed by atoms with Crippen molar-refractivity contribution in [2.24, 2.45) is 11.3 Å². The Hall–Kier alpha value is -0.790. The summed E-state index contributed by atoms with van der Waals surface area (Å²) in [5, 5.41) is 0. The fourth-order valence-corrected chi connectivity index (χ4v) is 1.54. The summed E-state index contributed by atoms with van der Waals surface area (Å²) in [7, 11) is 3.89. The lowest BCUT2D eigenvalue weighted by molar-refractivity contribution is -0.105. The fourth-order valence-electron chi connectivity index (χ4n) is 1.54. The summed E-state index contributed by atoms with van der Waals surface area (Å²) in [6.45, 7) is 4.40. The molecule has 0 radical (unpaired) electrons. The van der Waals surface area contributed by atoms with E-state index in [9.17, 15) is 4.79 Å². The lowest BCUT2D eigenvalue weighted by atomic mass is 10.1. The first-order valence-electron chi connectivity index (χ1n) is 4.30. The molecule has 0 heterocycles. The maximum atomic E-state index is 10.7. The van der Waals surface area contributed by atoms with Crippen LogP contribution in [0.4, 0.5) is 0 Å². The van der Waals surface area contributed by atoms with Gasteiger partial charge in [-0.1, -0.05) is 13.8 Å². The van der Waals surface area contributed by atoms with Crippen LogP contribution in [0.2, 0.25) is 0 Å². The summed E-state index contributed by atoms with van der Waals surface area (Å²) >= 11 is 0. The van der Waals surface area contributed by atoms with Crippen molar-refractivity contribution >= 4 is 6.29 Å². The van der Waals surface area contributed by atoms with E-state index in [-0.39, 0.29) is 0 Å². The Bertz CT molecular complexity index is 216. The molecule has 0 aromatic carbocycles. The zero-order valence-electron chi connectivity index (χ0n) is 8.29. The molecule has 0 aromatic rings. The number of nitrogens with zero attached hydrogens (tertiary/aromatic N) is 1. The summed E-state index contributed by atoms with van der Waals surface area (Å²) in [5.41, 5.74) is 1.29. The van der Waals surface area contributed by atoms with Crippen LogP contribution < -0.4 is 0 Å². The second-order valence-electron chi connectivity index (χ2n) is 4.46. The number of aldehydes is 1. The molecule has 0 spiro atoms. The molecule has 0 saturated heterocycles. The van der Waals surface area contributed by atoms with Crippen molar-refractivity contribution in [2.45, 2.75) is 20.3 Å². The van der Waals surface area contributed by atoms with Crippen molar-refractivity contribution in [3.8, 4) is 0 Å². The average Bonchev–Trinajstić information content (AvgIpc) is 2.54. The van der Waals surface area contributed by atoms with Crippen LogP contribution >= 0.6 is 0 Å². The zero-order chi connectivity index (χ0) is 9.35. The van der Waals surface area contributed by atoms with Crippen LogP contribution in [0.25, 0.3) is 0 Å². The van der Waals surface area contributed by atoms with Gasteiger partial charge in [0.15, 0.2) is 0 Å². The zero-order valence-corrected chi connectivity index (χ0v) is 8.29. The lowest BCUT2D eigenvalue weighted by Crippen LogP contribution is -2.06. The summed E-state index contributed by atoms with van der Waals surface area (Å²) in [6.07, 6.45) is 4.05. The molecule has 0 aliphatic heterocycles. The normalized spacial score (nSPS) is 26.7. The van der Waals surface area contributed by atoms with Crippen molar-refractivity contribution in [3.05, 3.63) is 11.8 Å². The Morgan fingerprint density at radius 3 is 2.25 bits per heavy atom. The molecule has 0 bridgehead atoms. The predicted molar refractivity (Wildman–Crippen MR) is 49.7 cm³/mol. The van der Waals surface area contributed by atoms with Crippen molar-refractivity contribution in [3.63, 3.8) is 0 Å². The van der Waals surface area contributed by atoms with E-state index < -0.39 is 0 Å². The molecule has 0 amide bonds. The van der Waals surface area contributed by atoms with Crippen molar-refractivity contribution in [2.75, 3.05) is 14.1 Å². The maximum Gasteiger partial charge on any atom is 0.147 e. The third kappa shape index (κ3) is 1.87. The molecular weight excluding hydrogens is 150 g/mol. The highest BCUT2D eigenvalue weighted by atomic mass is 16.1. The van der Waals surface area contributed by atoms with Gasteiger partial charge in [-0.3, -0.25) is 4.79 Å². The fraction of sp³-hybridized carbons (Fsp3) is 0.700. The molecule has 1 aliphatic carbocycles. The highest BCUT2D eigenvalue weighted by molar-refractivity contribution is 5.75. The maximum absolute atomic E-state index is 10.7. The SMILES string of the molecule is CN(C)/C=C(\C=O)C1CC1(C)C. The van der Waals surface area contributed by atoms with Gasteiger partial charge in [-0.2, -0.15) is 0 Å². The van der Waals surface area contributed by atoms with Gasteiger partial charge < -0.3 is 4.90 Å². The van der Waals surface area contributed by atoms with Crippen LogP contribution in [-0.4, -0.2) is 25.3 Å².